The molecule has 0 fully saturated rings. The van der Waals surface area contributed by atoms with Gasteiger partial charge in [0.2, 0.25) is 0 Å². The third kappa shape index (κ3) is 9.02. The fraction of sp³-hybridized carbons (Fsp3) is 0.0286. The van der Waals surface area contributed by atoms with Crippen molar-refractivity contribution in [2.24, 2.45) is 14.1 Å². The molecule has 0 aliphatic heterocycles. The first-order valence-electron chi connectivity index (χ1n) is 25.2. The summed E-state index contributed by atoms with van der Waals surface area (Å²) >= 11 is 0. The van der Waals surface area contributed by atoms with E-state index in [0.29, 0.717) is 0 Å². The van der Waals surface area contributed by atoms with E-state index < -0.39 is 0 Å². The third-order valence-corrected chi connectivity index (χ3v) is 14.1. The van der Waals surface area contributed by atoms with Gasteiger partial charge in [-0.2, -0.15) is 0 Å². The molecule has 4 heteroatoms. The first-order chi connectivity index (χ1) is 36.5. The SMILES string of the molecule is Cn1c2ccc(-c3ccccc3)cc2c2cc(-c3ccccc3)ccc21.Cn1c2ccc(-c3ccccc3)cc2c2cc(-c3ccccc3)ccc21.c1ccc(-c2nc3ccccc3nc2-c2ccccc2)cc1. The smallest absolute Gasteiger partial charge is 0.0973 e. The molecule has 0 atom stereocenters. The molecule has 352 valence electrons. The largest absolute Gasteiger partial charge is 0.344 e. The van der Waals surface area contributed by atoms with Gasteiger partial charge in [0, 0.05) is 68.8 Å². The van der Waals surface area contributed by atoms with Gasteiger partial charge in [-0.05, 0) is 105 Å². The number of aryl methyl sites for hydroxylation is 2. The highest BCUT2D eigenvalue weighted by molar-refractivity contribution is 6.11. The third-order valence-electron chi connectivity index (χ3n) is 14.1. The molecule has 0 aliphatic carbocycles. The zero-order valence-corrected chi connectivity index (χ0v) is 41.3. The molecule has 0 saturated carbocycles. The molecule has 14 aromatic rings. The maximum atomic E-state index is 4.86. The number of fused-ring (bicyclic) bond motifs is 7. The molecule has 0 radical (unpaired) electrons. The van der Waals surface area contributed by atoms with Gasteiger partial charge in [0.15, 0.2) is 0 Å². The van der Waals surface area contributed by atoms with Crippen molar-refractivity contribution >= 4 is 54.6 Å². The summed E-state index contributed by atoms with van der Waals surface area (Å²) in [5.74, 6) is 0. The van der Waals surface area contributed by atoms with Crippen molar-refractivity contribution in [3.63, 3.8) is 0 Å². The Morgan fingerprint density at radius 1 is 0.216 bits per heavy atom. The van der Waals surface area contributed by atoms with Gasteiger partial charge in [-0.25, -0.2) is 9.97 Å². The van der Waals surface area contributed by atoms with E-state index >= 15 is 0 Å². The Balaban J connectivity index is 0.000000113. The number of aromatic nitrogens is 4. The lowest BCUT2D eigenvalue weighted by Crippen LogP contribution is -1.95. The Hall–Kier alpha value is -9.64. The Morgan fingerprint density at radius 2 is 0.432 bits per heavy atom. The molecule has 3 aromatic heterocycles. The van der Waals surface area contributed by atoms with Crippen molar-refractivity contribution in [3.05, 3.63) is 279 Å². The summed E-state index contributed by atoms with van der Waals surface area (Å²) in [6.07, 6.45) is 0. The van der Waals surface area contributed by atoms with Gasteiger partial charge in [-0.3, -0.25) is 0 Å². The quantitative estimate of drug-likeness (QED) is 0.166. The molecule has 74 heavy (non-hydrogen) atoms. The van der Waals surface area contributed by atoms with Gasteiger partial charge in [0.1, 0.15) is 0 Å². The van der Waals surface area contributed by atoms with Crippen LogP contribution in [0.2, 0.25) is 0 Å². The number of benzene rings is 11. The predicted octanol–water partition coefficient (Wildman–Crippen LogP) is 18.3. The van der Waals surface area contributed by atoms with Crippen LogP contribution in [0.1, 0.15) is 0 Å². The van der Waals surface area contributed by atoms with Crippen molar-refractivity contribution in [1.29, 1.82) is 0 Å². The van der Waals surface area contributed by atoms with E-state index in [1.54, 1.807) is 0 Å². The molecular weight excluding hydrogens is 897 g/mol. The Bertz CT molecular complexity index is 3750. The van der Waals surface area contributed by atoms with Gasteiger partial charge in [0.25, 0.3) is 0 Å². The number of para-hydroxylation sites is 2. The number of hydrogen-bond donors (Lipinski definition) is 0. The molecule has 3 heterocycles. The van der Waals surface area contributed by atoms with E-state index in [2.05, 4.69) is 242 Å². The first kappa shape index (κ1) is 45.5. The highest BCUT2D eigenvalue weighted by Crippen LogP contribution is 2.37. The van der Waals surface area contributed by atoms with Crippen molar-refractivity contribution in [1.82, 2.24) is 19.1 Å². The summed E-state index contributed by atoms with van der Waals surface area (Å²) in [4.78, 5) is 9.72. The molecular formula is C70H52N4. The molecule has 0 spiro atoms. The molecule has 0 aliphatic rings. The second-order valence-corrected chi connectivity index (χ2v) is 18.7. The van der Waals surface area contributed by atoms with E-state index in [9.17, 15) is 0 Å². The molecule has 0 unspecified atom stereocenters. The maximum absolute atomic E-state index is 4.86. The zero-order valence-electron chi connectivity index (χ0n) is 41.3. The van der Waals surface area contributed by atoms with E-state index in [-0.39, 0.29) is 0 Å². The minimum atomic E-state index is 0.918. The van der Waals surface area contributed by atoms with E-state index in [1.165, 1.54) is 88.1 Å². The average molecular weight is 949 g/mol. The Morgan fingerprint density at radius 3 is 0.676 bits per heavy atom. The summed E-state index contributed by atoms with van der Waals surface area (Å²) < 4.78 is 4.57. The van der Waals surface area contributed by atoms with Crippen molar-refractivity contribution in [3.8, 4) is 67.0 Å². The van der Waals surface area contributed by atoms with Gasteiger partial charge in [-0.1, -0.05) is 218 Å². The lowest BCUT2D eigenvalue weighted by molar-refractivity contribution is 1.01. The van der Waals surface area contributed by atoms with E-state index in [1.807, 2.05) is 60.7 Å². The molecule has 11 aromatic carbocycles. The van der Waals surface area contributed by atoms with E-state index in [0.717, 1.165) is 33.5 Å². The normalized spacial score (nSPS) is 11.1. The molecule has 0 amide bonds. The minimum absolute atomic E-state index is 0.918. The van der Waals surface area contributed by atoms with Crippen LogP contribution in [0.25, 0.3) is 122 Å². The summed E-state index contributed by atoms with van der Waals surface area (Å²) in [6, 6.07) is 97.9. The average Bonchev–Trinajstić information content (AvgIpc) is 3.93. The van der Waals surface area contributed by atoms with Crippen LogP contribution in [-0.2, 0) is 14.1 Å². The lowest BCUT2D eigenvalue weighted by Gasteiger charge is -2.10. The van der Waals surface area contributed by atoms with E-state index in [4.69, 9.17) is 9.97 Å². The molecule has 0 N–H and O–H groups in total. The fourth-order valence-electron chi connectivity index (χ4n) is 10.3. The fourth-order valence-corrected chi connectivity index (χ4v) is 10.3. The maximum Gasteiger partial charge on any atom is 0.0973 e. The lowest BCUT2D eigenvalue weighted by atomic mass is 10.0. The molecule has 0 saturated heterocycles. The first-order valence-corrected chi connectivity index (χ1v) is 25.2. The zero-order chi connectivity index (χ0) is 49.8. The van der Waals surface area contributed by atoms with Crippen LogP contribution in [0, 0.1) is 0 Å². The molecule has 0 bridgehead atoms. The van der Waals surface area contributed by atoms with Gasteiger partial charge >= 0.3 is 0 Å². The van der Waals surface area contributed by atoms with Crippen molar-refractivity contribution in [2.75, 3.05) is 0 Å². The van der Waals surface area contributed by atoms with Gasteiger partial charge in [0.05, 0.1) is 22.4 Å². The second-order valence-electron chi connectivity index (χ2n) is 18.7. The van der Waals surface area contributed by atoms with Crippen LogP contribution in [-0.4, -0.2) is 19.1 Å². The molecule has 4 nitrogen and oxygen atoms in total. The highest BCUT2D eigenvalue weighted by Gasteiger charge is 2.15. The number of rotatable bonds is 6. The van der Waals surface area contributed by atoms with Crippen LogP contribution in [0.3, 0.4) is 0 Å². The predicted molar refractivity (Wildman–Crippen MR) is 313 cm³/mol. The van der Waals surface area contributed by atoms with Crippen LogP contribution >= 0.6 is 0 Å². The minimum Gasteiger partial charge on any atom is -0.344 e. The summed E-state index contributed by atoms with van der Waals surface area (Å²) in [6.45, 7) is 0. The second kappa shape index (κ2) is 20.2. The summed E-state index contributed by atoms with van der Waals surface area (Å²) in [5, 5.41) is 5.23. The summed E-state index contributed by atoms with van der Waals surface area (Å²) in [7, 11) is 4.30. The van der Waals surface area contributed by atoms with Gasteiger partial charge < -0.3 is 9.13 Å². The topological polar surface area (TPSA) is 35.6 Å². The number of nitrogens with zero attached hydrogens (tertiary/aromatic N) is 4. The van der Waals surface area contributed by atoms with Crippen LogP contribution in [0.15, 0.2) is 279 Å². The summed E-state index contributed by atoms with van der Waals surface area (Å²) in [5.41, 5.74) is 21.0. The standard InChI is InChI=1S/2C25H19N.C20H14N2/c2*1-26-24-14-12-20(18-8-4-2-5-9-18)16-22(24)23-17-21(13-15-25(23)26)19-10-6-3-7-11-19;1-3-9-15(10-4-1)19-20(16-11-5-2-6-12-16)22-18-14-8-7-13-17(18)21-19/h2*2-17H,1H3;1-14H. The van der Waals surface area contributed by atoms with Gasteiger partial charge in [-0.15, -0.1) is 0 Å². The highest BCUT2D eigenvalue weighted by atomic mass is 14.9. The van der Waals surface area contributed by atoms with Crippen LogP contribution in [0.5, 0.6) is 0 Å². The van der Waals surface area contributed by atoms with Crippen molar-refractivity contribution < 1.29 is 0 Å². The van der Waals surface area contributed by atoms with Crippen LogP contribution < -0.4 is 0 Å². The van der Waals surface area contributed by atoms with Crippen molar-refractivity contribution in [2.45, 2.75) is 0 Å². The monoisotopic (exact) mass is 948 g/mol. The van der Waals surface area contributed by atoms with Crippen LogP contribution in [0.4, 0.5) is 0 Å². The Kier molecular flexibility index (Phi) is 12.4. The number of hydrogen-bond acceptors (Lipinski definition) is 2. The Labute approximate surface area is 431 Å². The molecule has 14 rings (SSSR count).